The van der Waals surface area contributed by atoms with Crippen LogP contribution in [0.3, 0.4) is 0 Å². The van der Waals surface area contributed by atoms with Gasteiger partial charge in [-0.3, -0.25) is 9.59 Å². The second kappa shape index (κ2) is 6.75. The predicted molar refractivity (Wildman–Crippen MR) is 52.3 cm³/mol. The van der Waals surface area contributed by atoms with Crippen molar-refractivity contribution in [2.75, 3.05) is 6.61 Å². The molecule has 0 saturated carbocycles. The molecule has 0 aliphatic rings. The lowest BCUT2D eigenvalue weighted by atomic mass is 10.2. The summed E-state index contributed by atoms with van der Waals surface area (Å²) in [6, 6.07) is 0. The molecule has 0 atom stereocenters. The number of carbonyl (C=O) groups is 3. The van der Waals surface area contributed by atoms with Gasteiger partial charge in [0.2, 0.25) is 0 Å². The predicted octanol–water partition coefficient (Wildman–Crippen LogP) is 0.930. The Morgan fingerprint density at radius 2 is 1.93 bits per heavy atom. The molecule has 5 heteroatoms. The van der Waals surface area contributed by atoms with Crippen LogP contribution in [0.25, 0.3) is 0 Å². The topological polar surface area (TPSA) is 80.7 Å². The molecule has 0 aromatic rings. The van der Waals surface area contributed by atoms with E-state index < -0.39 is 11.9 Å². The average Bonchev–Trinajstić information content (AvgIpc) is 2.10. The van der Waals surface area contributed by atoms with E-state index in [0.717, 1.165) is 0 Å². The second-order valence-corrected chi connectivity index (χ2v) is 2.95. The van der Waals surface area contributed by atoms with Gasteiger partial charge in [0.15, 0.2) is 0 Å². The van der Waals surface area contributed by atoms with Crippen LogP contribution in [0.4, 0.5) is 0 Å². The Labute approximate surface area is 87.7 Å². The van der Waals surface area contributed by atoms with Crippen LogP contribution in [0, 0.1) is 0 Å². The zero-order chi connectivity index (χ0) is 11.8. The zero-order valence-electron chi connectivity index (χ0n) is 8.78. The van der Waals surface area contributed by atoms with E-state index in [9.17, 15) is 14.4 Å². The maximum Gasteiger partial charge on any atom is 0.331 e. The molecule has 0 amide bonds. The summed E-state index contributed by atoms with van der Waals surface area (Å²) < 4.78 is 4.64. The Balaban J connectivity index is 4.00. The molecule has 1 N–H and O–H groups in total. The van der Waals surface area contributed by atoms with Crippen molar-refractivity contribution < 1.29 is 24.2 Å². The molecule has 0 rings (SSSR count). The fourth-order valence-corrected chi connectivity index (χ4v) is 0.872. The first-order valence-corrected chi connectivity index (χ1v) is 4.54. The molecule has 0 saturated heterocycles. The van der Waals surface area contributed by atoms with Gasteiger partial charge in [0.05, 0.1) is 0 Å². The number of carboxylic acids is 1. The van der Waals surface area contributed by atoms with Crippen LogP contribution in [0.15, 0.2) is 11.6 Å². The van der Waals surface area contributed by atoms with Gasteiger partial charge in [-0.05, 0) is 19.4 Å². The first kappa shape index (κ1) is 13.4. The van der Waals surface area contributed by atoms with Crippen molar-refractivity contribution in [3.05, 3.63) is 11.6 Å². The Kier molecular flexibility index (Phi) is 6.01. The van der Waals surface area contributed by atoms with Crippen molar-refractivity contribution >= 4 is 17.7 Å². The molecule has 84 valence electrons. The molecule has 0 aromatic carbocycles. The van der Waals surface area contributed by atoms with Gasteiger partial charge < -0.3 is 9.84 Å². The maximum absolute atomic E-state index is 10.9. The zero-order valence-corrected chi connectivity index (χ0v) is 8.78. The average molecular weight is 214 g/mol. The normalized spacial score (nSPS) is 10.9. The molecule has 0 unspecified atom stereocenters. The van der Waals surface area contributed by atoms with Gasteiger partial charge in [-0.25, -0.2) is 4.79 Å². The van der Waals surface area contributed by atoms with Crippen molar-refractivity contribution in [1.29, 1.82) is 0 Å². The van der Waals surface area contributed by atoms with E-state index in [1.807, 2.05) is 0 Å². The minimum atomic E-state index is -1.03. The van der Waals surface area contributed by atoms with Crippen molar-refractivity contribution in [3.8, 4) is 0 Å². The summed E-state index contributed by atoms with van der Waals surface area (Å²) >= 11 is 0. The van der Waals surface area contributed by atoms with Crippen LogP contribution in [0.2, 0.25) is 0 Å². The van der Waals surface area contributed by atoms with E-state index >= 15 is 0 Å². The van der Waals surface area contributed by atoms with Crippen molar-refractivity contribution in [1.82, 2.24) is 0 Å². The summed E-state index contributed by atoms with van der Waals surface area (Å²) in [6.45, 7) is 2.87. The van der Waals surface area contributed by atoms with Gasteiger partial charge in [0, 0.05) is 5.57 Å². The number of Topliss-reactive ketones (excluding diaryl/α,β-unsaturated/α-hetero) is 1. The Hall–Kier alpha value is -1.65. The first-order valence-electron chi connectivity index (χ1n) is 4.54. The Morgan fingerprint density at radius 1 is 1.33 bits per heavy atom. The number of hydrogen-bond acceptors (Lipinski definition) is 4. The number of carbonyl (C=O) groups excluding carboxylic acids is 2. The highest BCUT2D eigenvalue weighted by Gasteiger charge is 2.07. The van der Waals surface area contributed by atoms with Gasteiger partial charge in [-0.15, -0.1) is 0 Å². The molecule has 0 fully saturated rings. The molecular weight excluding hydrogens is 200 g/mol. The molecule has 0 radical (unpaired) electrons. The largest absolute Gasteiger partial charge is 0.478 e. The first-order chi connectivity index (χ1) is 6.97. The summed E-state index contributed by atoms with van der Waals surface area (Å²) in [5.41, 5.74) is 0.186. The van der Waals surface area contributed by atoms with Crippen LogP contribution in [-0.4, -0.2) is 29.4 Å². The van der Waals surface area contributed by atoms with E-state index in [2.05, 4.69) is 4.74 Å². The molecule has 0 aliphatic carbocycles. The van der Waals surface area contributed by atoms with E-state index in [4.69, 9.17) is 5.11 Å². The third-order valence-electron chi connectivity index (χ3n) is 1.62. The van der Waals surface area contributed by atoms with E-state index in [-0.39, 0.29) is 24.4 Å². The van der Waals surface area contributed by atoms with Crippen LogP contribution in [0.5, 0.6) is 0 Å². The fourth-order valence-electron chi connectivity index (χ4n) is 0.872. The molecule has 0 aromatic heterocycles. The molecule has 0 aliphatic heterocycles. The Morgan fingerprint density at radius 3 is 2.33 bits per heavy atom. The smallest absolute Gasteiger partial charge is 0.331 e. The lowest BCUT2D eigenvalue weighted by Crippen LogP contribution is -2.10. The molecule has 15 heavy (non-hydrogen) atoms. The number of carboxylic acid groups (broad SMARTS) is 1. The summed E-state index contributed by atoms with van der Waals surface area (Å²) in [4.78, 5) is 31.9. The highest BCUT2D eigenvalue weighted by molar-refractivity contribution is 5.94. The van der Waals surface area contributed by atoms with Gasteiger partial charge >= 0.3 is 11.9 Å². The highest BCUT2D eigenvalue weighted by atomic mass is 16.5. The van der Waals surface area contributed by atoms with E-state index in [1.54, 1.807) is 6.92 Å². The second-order valence-electron chi connectivity index (χ2n) is 2.95. The van der Waals surface area contributed by atoms with Crippen molar-refractivity contribution in [2.24, 2.45) is 0 Å². The summed E-state index contributed by atoms with van der Waals surface area (Å²) in [7, 11) is 0. The van der Waals surface area contributed by atoms with Gasteiger partial charge in [-0.2, -0.15) is 0 Å². The van der Waals surface area contributed by atoms with E-state index in [1.165, 1.54) is 13.0 Å². The standard InChI is InChI=1S/C10H14O5/c1-3-8(10(13)14)4-5-15-9(12)6-7(2)11/h4H,3,5-6H2,1-2H3,(H,13,14). The van der Waals surface area contributed by atoms with Gasteiger partial charge in [0.1, 0.15) is 18.8 Å². The number of aliphatic carboxylic acids is 1. The molecule has 5 nitrogen and oxygen atoms in total. The maximum atomic E-state index is 10.9. The van der Waals surface area contributed by atoms with Crippen LogP contribution in [0.1, 0.15) is 26.7 Å². The minimum Gasteiger partial charge on any atom is -0.478 e. The molecule has 0 spiro atoms. The lowest BCUT2D eigenvalue weighted by molar-refractivity contribution is -0.144. The Bertz CT molecular complexity index is 290. The number of rotatable bonds is 6. The van der Waals surface area contributed by atoms with Crippen molar-refractivity contribution in [2.45, 2.75) is 26.7 Å². The summed E-state index contributed by atoms with van der Waals surface area (Å²) in [6.07, 6.45) is 1.41. The van der Waals surface area contributed by atoms with Crippen molar-refractivity contribution in [3.63, 3.8) is 0 Å². The minimum absolute atomic E-state index is 0.110. The number of ketones is 1. The third kappa shape index (κ3) is 6.42. The lowest BCUT2D eigenvalue weighted by Gasteiger charge is -2.01. The fraction of sp³-hybridized carbons (Fsp3) is 0.500. The molecule has 0 bridgehead atoms. The summed E-state index contributed by atoms with van der Waals surface area (Å²) in [5, 5.41) is 8.62. The SMILES string of the molecule is CCC(=CCOC(=O)CC(C)=O)C(=O)O. The molecule has 0 heterocycles. The quantitative estimate of drug-likeness (QED) is 0.404. The number of ether oxygens (including phenoxy) is 1. The number of hydrogen-bond donors (Lipinski definition) is 1. The van der Waals surface area contributed by atoms with Gasteiger partial charge in [0.25, 0.3) is 0 Å². The molecular formula is C10H14O5. The van der Waals surface area contributed by atoms with Crippen LogP contribution in [-0.2, 0) is 19.1 Å². The van der Waals surface area contributed by atoms with E-state index in [0.29, 0.717) is 6.42 Å². The highest BCUT2D eigenvalue weighted by Crippen LogP contribution is 2.00. The third-order valence-corrected chi connectivity index (χ3v) is 1.62. The summed E-state index contributed by atoms with van der Waals surface area (Å²) in [5.74, 6) is -1.95. The number of esters is 1. The van der Waals surface area contributed by atoms with Crippen LogP contribution >= 0.6 is 0 Å². The monoisotopic (exact) mass is 214 g/mol. The van der Waals surface area contributed by atoms with Gasteiger partial charge in [-0.1, -0.05) is 6.92 Å². The van der Waals surface area contributed by atoms with Crippen LogP contribution < -0.4 is 0 Å².